The second-order valence-electron chi connectivity index (χ2n) is 7.17. The second kappa shape index (κ2) is 7.71. The van der Waals surface area contributed by atoms with Crippen molar-refractivity contribution in [1.29, 1.82) is 0 Å². The molecule has 154 valence electrons. The fourth-order valence-electron chi connectivity index (χ4n) is 4.04. The van der Waals surface area contributed by atoms with Crippen molar-refractivity contribution in [2.75, 3.05) is 26.2 Å². The number of alkyl halides is 3. The van der Waals surface area contributed by atoms with Gasteiger partial charge in [-0.25, -0.2) is 4.79 Å². The number of carbonyl (C=O) groups excluding carboxylic acids is 1. The summed E-state index contributed by atoms with van der Waals surface area (Å²) in [6.45, 7) is 3.85. The average Bonchev–Trinajstić information content (AvgIpc) is 3.02. The third-order valence-electron chi connectivity index (χ3n) is 5.40. The smallest absolute Gasteiger partial charge is 0.417 e. The van der Waals surface area contributed by atoms with Gasteiger partial charge >= 0.3 is 12.1 Å². The third kappa shape index (κ3) is 3.73. The van der Waals surface area contributed by atoms with Crippen molar-refractivity contribution in [3.63, 3.8) is 0 Å². The standard InChI is InChI=1S/C19H23F3N2O4/c1-2-9-23-10-7-18(8-11-23)24(15(12-28-18)17(26)27)16(25)13-5-3-4-6-14(13)19(20,21)22/h3-6,15H,2,7-12H2,1H3,(H,26,27). The van der Waals surface area contributed by atoms with Gasteiger partial charge in [-0.15, -0.1) is 0 Å². The largest absolute Gasteiger partial charge is 0.480 e. The molecule has 1 aromatic carbocycles. The van der Waals surface area contributed by atoms with Crippen LogP contribution < -0.4 is 0 Å². The van der Waals surface area contributed by atoms with Gasteiger partial charge in [-0.3, -0.25) is 9.69 Å². The topological polar surface area (TPSA) is 70.1 Å². The van der Waals surface area contributed by atoms with E-state index in [2.05, 4.69) is 4.90 Å². The van der Waals surface area contributed by atoms with E-state index in [0.29, 0.717) is 25.9 Å². The first-order chi connectivity index (χ1) is 13.2. The molecule has 3 rings (SSSR count). The summed E-state index contributed by atoms with van der Waals surface area (Å²) in [4.78, 5) is 28.1. The first-order valence-corrected chi connectivity index (χ1v) is 9.28. The fourth-order valence-corrected chi connectivity index (χ4v) is 4.04. The molecule has 2 heterocycles. The Hall–Kier alpha value is -2.13. The number of likely N-dealkylation sites (tertiary alicyclic amines) is 1. The van der Waals surface area contributed by atoms with Gasteiger partial charge in [-0.1, -0.05) is 19.1 Å². The number of rotatable bonds is 4. The molecule has 6 nitrogen and oxygen atoms in total. The molecule has 2 aliphatic rings. The predicted molar refractivity (Wildman–Crippen MR) is 93.7 cm³/mol. The zero-order chi connectivity index (χ0) is 20.5. The number of carboxylic acid groups (broad SMARTS) is 1. The number of hydrogen-bond acceptors (Lipinski definition) is 4. The van der Waals surface area contributed by atoms with Gasteiger partial charge in [-0.05, 0) is 25.1 Å². The van der Waals surface area contributed by atoms with E-state index in [-0.39, 0.29) is 6.61 Å². The van der Waals surface area contributed by atoms with E-state index in [1.807, 2.05) is 6.92 Å². The Morgan fingerprint density at radius 2 is 1.89 bits per heavy atom. The maximum atomic E-state index is 13.4. The van der Waals surface area contributed by atoms with Gasteiger partial charge in [0.2, 0.25) is 0 Å². The van der Waals surface area contributed by atoms with Crippen molar-refractivity contribution in [3.05, 3.63) is 35.4 Å². The SMILES string of the molecule is CCCN1CCC2(CC1)OCC(C(=O)O)N2C(=O)c1ccccc1C(F)(F)F. The van der Waals surface area contributed by atoms with E-state index >= 15 is 0 Å². The zero-order valence-corrected chi connectivity index (χ0v) is 15.5. The van der Waals surface area contributed by atoms with Crippen LogP contribution in [-0.4, -0.2) is 64.8 Å². The van der Waals surface area contributed by atoms with Crippen LogP contribution >= 0.6 is 0 Å². The Labute approximate surface area is 160 Å². The van der Waals surface area contributed by atoms with Gasteiger partial charge in [0, 0.05) is 25.9 Å². The monoisotopic (exact) mass is 400 g/mol. The van der Waals surface area contributed by atoms with Crippen molar-refractivity contribution in [2.24, 2.45) is 0 Å². The predicted octanol–water partition coefficient (Wildman–Crippen LogP) is 2.83. The van der Waals surface area contributed by atoms with Crippen LogP contribution in [0.3, 0.4) is 0 Å². The summed E-state index contributed by atoms with van der Waals surface area (Å²) in [5, 5.41) is 9.55. The molecule has 1 aromatic rings. The number of ether oxygens (including phenoxy) is 1. The molecule has 0 aromatic heterocycles. The summed E-state index contributed by atoms with van der Waals surface area (Å²) in [5.74, 6) is -2.24. The van der Waals surface area contributed by atoms with E-state index in [1.54, 1.807) is 0 Å². The van der Waals surface area contributed by atoms with Crippen molar-refractivity contribution >= 4 is 11.9 Å². The summed E-state index contributed by atoms with van der Waals surface area (Å²) < 4.78 is 46.0. The molecule has 28 heavy (non-hydrogen) atoms. The third-order valence-corrected chi connectivity index (χ3v) is 5.40. The van der Waals surface area contributed by atoms with Gasteiger partial charge < -0.3 is 14.7 Å². The lowest BCUT2D eigenvalue weighted by Crippen LogP contribution is -2.58. The Bertz CT molecular complexity index is 745. The molecule has 1 unspecified atom stereocenters. The minimum Gasteiger partial charge on any atom is -0.480 e. The molecule has 9 heteroatoms. The molecule has 0 saturated carbocycles. The van der Waals surface area contributed by atoms with Crippen molar-refractivity contribution in [2.45, 2.75) is 44.1 Å². The quantitative estimate of drug-likeness (QED) is 0.842. The highest BCUT2D eigenvalue weighted by molar-refractivity contribution is 5.98. The highest BCUT2D eigenvalue weighted by Crippen LogP contribution is 2.40. The molecular formula is C19H23F3N2O4. The lowest BCUT2D eigenvalue weighted by molar-refractivity contribution is -0.144. The molecule has 2 saturated heterocycles. The Morgan fingerprint density at radius 3 is 2.46 bits per heavy atom. The molecule has 2 fully saturated rings. The van der Waals surface area contributed by atoms with E-state index in [4.69, 9.17) is 4.74 Å². The molecule has 1 amide bonds. The fraction of sp³-hybridized carbons (Fsp3) is 0.579. The van der Waals surface area contributed by atoms with Gasteiger partial charge in [-0.2, -0.15) is 13.2 Å². The van der Waals surface area contributed by atoms with Crippen LogP contribution in [0, 0.1) is 0 Å². The number of hydrogen-bond donors (Lipinski definition) is 1. The minimum absolute atomic E-state index is 0.233. The van der Waals surface area contributed by atoms with Crippen LogP contribution in [0.4, 0.5) is 13.2 Å². The maximum Gasteiger partial charge on any atom is 0.417 e. The molecule has 1 spiro atoms. The highest BCUT2D eigenvalue weighted by Gasteiger charge is 2.54. The molecule has 1 N–H and O–H groups in total. The van der Waals surface area contributed by atoms with Crippen LogP contribution in [0.25, 0.3) is 0 Å². The van der Waals surface area contributed by atoms with Gasteiger partial charge in [0.25, 0.3) is 5.91 Å². The number of aliphatic carboxylic acids is 1. The van der Waals surface area contributed by atoms with Gasteiger partial charge in [0.1, 0.15) is 5.72 Å². The van der Waals surface area contributed by atoms with E-state index in [0.717, 1.165) is 30.0 Å². The van der Waals surface area contributed by atoms with Gasteiger partial charge in [0.15, 0.2) is 6.04 Å². The Morgan fingerprint density at radius 1 is 1.25 bits per heavy atom. The number of halogens is 3. The summed E-state index contributed by atoms with van der Waals surface area (Å²) in [5.41, 5.74) is -2.82. The molecular weight excluding hydrogens is 377 g/mol. The number of piperidine rings is 1. The lowest BCUT2D eigenvalue weighted by atomic mass is 9.95. The molecule has 2 aliphatic heterocycles. The number of amides is 1. The first kappa shape index (κ1) is 20.6. The Balaban J connectivity index is 1.96. The normalized spacial score (nSPS) is 22.6. The van der Waals surface area contributed by atoms with Crippen molar-refractivity contribution < 1.29 is 32.6 Å². The average molecular weight is 400 g/mol. The molecule has 0 bridgehead atoms. The van der Waals surface area contributed by atoms with Crippen LogP contribution in [0.2, 0.25) is 0 Å². The summed E-state index contributed by atoms with van der Waals surface area (Å²) in [7, 11) is 0. The second-order valence-corrected chi connectivity index (χ2v) is 7.17. The van der Waals surface area contributed by atoms with Crippen LogP contribution in [-0.2, 0) is 15.7 Å². The van der Waals surface area contributed by atoms with Crippen LogP contribution in [0.5, 0.6) is 0 Å². The first-order valence-electron chi connectivity index (χ1n) is 9.28. The maximum absolute atomic E-state index is 13.4. The lowest BCUT2D eigenvalue weighted by Gasteiger charge is -2.44. The summed E-state index contributed by atoms with van der Waals surface area (Å²) >= 11 is 0. The number of nitrogens with zero attached hydrogens (tertiary/aromatic N) is 2. The minimum atomic E-state index is -4.72. The van der Waals surface area contributed by atoms with E-state index < -0.39 is 40.9 Å². The Kier molecular flexibility index (Phi) is 5.67. The van der Waals surface area contributed by atoms with Crippen molar-refractivity contribution in [3.8, 4) is 0 Å². The number of carbonyl (C=O) groups is 2. The summed E-state index contributed by atoms with van der Waals surface area (Å²) in [6.07, 6.45) is -3.05. The summed E-state index contributed by atoms with van der Waals surface area (Å²) in [6, 6.07) is 3.14. The molecule has 0 aliphatic carbocycles. The highest BCUT2D eigenvalue weighted by atomic mass is 19.4. The van der Waals surface area contributed by atoms with Crippen LogP contribution in [0.1, 0.15) is 42.1 Å². The molecule has 0 radical (unpaired) electrons. The van der Waals surface area contributed by atoms with Crippen LogP contribution in [0.15, 0.2) is 24.3 Å². The van der Waals surface area contributed by atoms with E-state index in [1.165, 1.54) is 12.1 Å². The molecule has 1 atom stereocenters. The number of carboxylic acids is 1. The van der Waals surface area contributed by atoms with Gasteiger partial charge in [0.05, 0.1) is 17.7 Å². The van der Waals surface area contributed by atoms with Crippen molar-refractivity contribution in [1.82, 2.24) is 9.80 Å². The number of benzene rings is 1. The zero-order valence-electron chi connectivity index (χ0n) is 15.5. The van der Waals surface area contributed by atoms with E-state index in [9.17, 15) is 27.9 Å².